The van der Waals surface area contributed by atoms with E-state index in [0.717, 1.165) is 0 Å². The fourth-order valence-corrected chi connectivity index (χ4v) is 4.64. The van der Waals surface area contributed by atoms with Crippen molar-refractivity contribution in [3.63, 3.8) is 0 Å². The van der Waals surface area contributed by atoms with Crippen LogP contribution in [0.3, 0.4) is 0 Å². The highest BCUT2D eigenvalue weighted by Gasteiger charge is 2.28. The molecule has 0 bridgehead atoms. The molecule has 178 valence electrons. The maximum Gasteiger partial charge on any atom is 0.387 e. The number of halogens is 2. The molecule has 34 heavy (non-hydrogen) atoms. The number of methoxy groups -OCH3 is 1. The summed E-state index contributed by atoms with van der Waals surface area (Å²) in [6, 6.07) is 15.1. The molecule has 2 amide bonds. The third kappa shape index (κ3) is 5.53. The predicted octanol–water partition coefficient (Wildman–Crippen LogP) is 5.52. The summed E-state index contributed by atoms with van der Waals surface area (Å²) in [7, 11) is 1.54. The van der Waals surface area contributed by atoms with E-state index >= 15 is 0 Å². The van der Waals surface area contributed by atoms with Gasteiger partial charge in [0.2, 0.25) is 5.91 Å². The number of nitrogens with one attached hydrogen (secondary N) is 1. The number of amides is 2. The Kier molecular flexibility index (Phi) is 7.42. The van der Waals surface area contributed by atoms with Gasteiger partial charge in [-0.05, 0) is 60.2 Å². The Balaban J connectivity index is 1.44. The van der Waals surface area contributed by atoms with Crippen LogP contribution in [0.4, 0.5) is 14.5 Å². The molecule has 1 N–H and O–H groups in total. The van der Waals surface area contributed by atoms with Crippen LogP contribution in [-0.2, 0) is 4.79 Å². The molecule has 0 radical (unpaired) electrons. The summed E-state index contributed by atoms with van der Waals surface area (Å²) in [6.07, 6.45) is 1.11. The number of nitrogens with zero attached hydrogens (tertiary/aromatic N) is 1. The van der Waals surface area contributed by atoms with Crippen molar-refractivity contribution in [3.8, 4) is 22.6 Å². The number of hydrogen-bond acceptors (Lipinski definition) is 5. The summed E-state index contributed by atoms with van der Waals surface area (Å²) in [6.45, 7) is -1.96. The number of ether oxygens (including phenoxy) is 2. The maximum atomic E-state index is 12.9. The minimum absolute atomic E-state index is 0.00684. The maximum absolute atomic E-state index is 12.9. The molecular weight excluding hydrogens is 462 g/mol. The van der Waals surface area contributed by atoms with Crippen LogP contribution < -0.4 is 14.8 Å². The molecule has 1 fully saturated rings. The Morgan fingerprint density at radius 2 is 1.82 bits per heavy atom. The van der Waals surface area contributed by atoms with E-state index in [1.54, 1.807) is 48.4 Å². The number of thiophene rings is 1. The molecule has 0 saturated carbocycles. The Bertz CT molecular complexity index is 1130. The van der Waals surface area contributed by atoms with E-state index in [1.807, 2.05) is 11.4 Å². The van der Waals surface area contributed by atoms with E-state index < -0.39 is 6.61 Å². The van der Waals surface area contributed by atoms with Crippen LogP contribution >= 0.6 is 11.3 Å². The fraction of sp³-hybridized carbons (Fsp3) is 0.280. The Hall–Kier alpha value is -3.46. The van der Waals surface area contributed by atoms with E-state index in [0.29, 0.717) is 53.4 Å². The number of carbonyl (C=O) groups excluding carboxylic acids is 2. The first-order chi connectivity index (χ1) is 16.4. The van der Waals surface area contributed by atoms with E-state index in [4.69, 9.17) is 4.74 Å². The molecule has 2 heterocycles. The summed E-state index contributed by atoms with van der Waals surface area (Å²) >= 11 is 1.41. The molecule has 4 rings (SSSR count). The summed E-state index contributed by atoms with van der Waals surface area (Å²) < 4.78 is 35.7. The first-order valence-corrected chi connectivity index (χ1v) is 11.7. The molecule has 3 aromatic rings. The number of alkyl halides is 2. The van der Waals surface area contributed by atoms with Gasteiger partial charge in [-0.25, -0.2) is 0 Å². The van der Waals surface area contributed by atoms with Gasteiger partial charge in [0, 0.05) is 30.3 Å². The van der Waals surface area contributed by atoms with E-state index in [2.05, 4.69) is 10.1 Å². The summed E-state index contributed by atoms with van der Waals surface area (Å²) in [5.74, 6) is 0.236. The second kappa shape index (κ2) is 10.6. The van der Waals surface area contributed by atoms with Gasteiger partial charge in [-0.3, -0.25) is 9.59 Å². The van der Waals surface area contributed by atoms with Crippen LogP contribution in [0.5, 0.6) is 11.5 Å². The highest BCUT2D eigenvalue weighted by atomic mass is 32.1. The molecule has 0 aliphatic carbocycles. The quantitative estimate of drug-likeness (QED) is 0.478. The van der Waals surface area contributed by atoms with Crippen molar-refractivity contribution < 1.29 is 27.8 Å². The first kappa shape index (κ1) is 23.7. The molecule has 0 spiro atoms. The highest BCUT2D eigenvalue weighted by molar-refractivity contribution is 7.12. The molecule has 9 heteroatoms. The van der Waals surface area contributed by atoms with E-state index in [9.17, 15) is 18.4 Å². The average molecular weight is 487 g/mol. The number of anilines is 1. The first-order valence-electron chi connectivity index (χ1n) is 10.8. The van der Waals surface area contributed by atoms with Gasteiger partial charge in [0.05, 0.1) is 12.0 Å². The third-order valence-electron chi connectivity index (χ3n) is 5.75. The summed E-state index contributed by atoms with van der Waals surface area (Å²) in [4.78, 5) is 27.9. The number of piperidine rings is 1. The Morgan fingerprint density at radius 3 is 2.44 bits per heavy atom. The Labute approximate surface area is 200 Å². The lowest BCUT2D eigenvalue weighted by Gasteiger charge is -2.31. The van der Waals surface area contributed by atoms with Gasteiger partial charge in [-0.15, -0.1) is 11.3 Å². The summed E-state index contributed by atoms with van der Waals surface area (Å²) in [5.41, 5.74) is 1.56. The molecule has 1 aliphatic heterocycles. The van der Waals surface area contributed by atoms with Gasteiger partial charge in [0.15, 0.2) is 0 Å². The van der Waals surface area contributed by atoms with Gasteiger partial charge in [0.25, 0.3) is 5.91 Å². The second-order valence-electron chi connectivity index (χ2n) is 7.85. The highest BCUT2D eigenvalue weighted by Crippen LogP contribution is 2.35. The molecule has 2 aromatic carbocycles. The summed E-state index contributed by atoms with van der Waals surface area (Å²) in [5, 5.41) is 4.75. The van der Waals surface area contributed by atoms with Gasteiger partial charge in [-0.1, -0.05) is 18.2 Å². The smallest absolute Gasteiger partial charge is 0.387 e. The SMILES string of the molecule is COc1ccc(-c2cc(NC(=O)C3CCN(C(=O)c4cccs4)CC3)ccc2OC(F)F)cc1. The fourth-order valence-electron chi connectivity index (χ4n) is 3.95. The normalized spacial score (nSPS) is 14.2. The van der Waals surface area contributed by atoms with Crippen molar-refractivity contribution in [1.82, 2.24) is 4.90 Å². The molecule has 1 aliphatic rings. The lowest BCUT2D eigenvalue weighted by Crippen LogP contribution is -2.41. The zero-order chi connectivity index (χ0) is 24.1. The molecule has 1 saturated heterocycles. The van der Waals surface area contributed by atoms with Crippen molar-refractivity contribution in [1.29, 1.82) is 0 Å². The number of carbonyl (C=O) groups is 2. The molecule has 6 nitrogen and oxygen atoms in total. The number of likely N-dealkylation sites (tertiary alicyclic amines) is 1. The van der Waals surface area contributed by atoms with Crippen LogP contribution in [0.1, 0.15) is 22.5 Å². The Morgan fingerprint density at radius 1 is 1.09 bits per heavy atom. The number of benzene rings is 2. The minimum atomic E-state index is -2.97. The van der Waals surface area contributed by atoms with Crippen LogP contribution in [0.2, 0.25) is 0 Å². The molecule has 0 atom stereocenters. The molecular formula is C25H24F2N2O4S. The van der Waals surface area contributed by atoms with Crippen molar-refractivity contribution >= 4 is 28.8 Å². The predicted molar refractivity (Wildman–Crippen MR) is 127 cm³/mol. The average Bonchev–Trinajstić information content (AvgIpc) is 3.39. The van der Waals surface area contributed by atoms with E-state index in [1.165, 1.54) is 23.5 Å². The van der Waals surface area contributed by atoms with Crippen LogP contribution in [0, 0.1) is 5.92 Å². The lowest BCUT2D eigenvalue weighted by atomic mass is 9.95. The molecule has 1 aromatic heterocycles. The largest absolute Gasteiger partial charge is 0.497 e. The van der Waals surface area contributed by atoms with Crippen molar-refractivity contribution in [2.24, 2.45) is 5.92 Å². The van der Waals surface area contributed by atoms with Crippen molar-refractivity contribution in [2.75, 3.05) is 25.5 Å². The number of hydrogen-bond donors (Lipinski definition) is 1. The van der Waals surface area contributed by atoms with Gasteiger partial charge in [0.1, 0.15) is 11.5 Å². The van der Waals surface area contributed by atoms with Gasteiger partial charge in [-0.2, -0.15) is 8.78 Å². The van der Waals surface area contributed by atoms with Crippen LogP contribution in [0.25, 0.3) is 11.1 Å². The van der Waals surface area contributed by atoms with Gasteiger partial charge < -0.3 is 19.7 Å². The second-order valence-corrected chi connectivity index (χ2v) is 8.80. The third-order valence-corrected chi connectivity index (χ3v) is 6.61. The van der Waals surface area contributed by atoms with Crippen molar-refractivity contribution in [2.45, 2.75) is 19.5 Å². The molecule has 0 unspecified atom stereocenters. The van der Waals surface area contributed by atoms with Crippen molar-refractivity contribution in [3.05, 3.63) is 64.9 Å². The zero-order valence-corrected chi connectivity index (χ0v) is 19.3. The van der Waals surface area contributed by atoms with Gasteiger partial charge >= 0.3 is 6.61 Å². The number of rotatable bonds is 7. The topological polar surface area (TPSA) is 67.9 Å². The van der Waals surface area contributed by atoms with Crippen LogP contribution in [-0.4, -0.2) is 43.5 Å². The lowest BCUT2D eigenvalue weighted by molar-refractivity contribution is -0.121. The zero-order valence-electron chi connectivity index (χ0n) is 18.5. The van der Waals surface area contributed by atoms with E-state index in [-0.39, 0.29) is 23.5 Å². The standard InChI is InChI=1S/C25H24F2N2O4S/c1-32-19-7-4-16(5-8-19)20-15-18(6-9-21(20)33-25(26)27)28-23(30)17-10-12-29(13-11-17)24(31)22-3-2-14-34-22/h2-9,14-15,17,25H,10-13H2,1H3,(H,28,30). The minimum Gasteiger partial charge on any atom is -0.497 e. The van der Waals surface area contributed by atoms with Crippen LogP contribution in [0.15, 0.2) is 60.0 Å². The monoisotopic (exact) mass is 486 g/mol.